The van der Waals surface area contributed by atoms with Gasteiger partial charge in [0, 0.05) is 26.2 Å². The Labute approximate surface area is 186 Å². The van der Waals surface area contributed by atoms with Gasteiger partial charge in [-0.1, -0.05) is 121 Å². The van der Waals surface area contributed by atoms with E-state index in [0.717, 1.165) is 26.2 Å². The van der Waals surface area contributed by atoms with Crippen LogP contribution in [0.5, 0.6) is 0 Å². The Morgan fingerprint density at radius 2 is 0.903 bits per heavy atom. The molecule has 4 aromatic carbocycles. The minimum Gasteiger partial charge on any atom is -0.305 e. The molecule has 0 saturated carbocycles. The largest absolute Gasteiger partial charge is 0.305 e. The molecule has 0 fully saturated rings. The third kappa shape index (κ3) is 6.39. The fourth-order valence-corrected chi connectivity index (χ4v) is 3.98. The fraction of sp³-hybridized carbons (Fsp3) is 0.172. The second kappa shape index (κ2) is 11.3. The van der Waals surface area contributed by atoms with Crippen LogP contribution in [0, 0.1) is 0 Å². The van der Waals surface area contributed by atoms with Crippen molar-refractivity contribution in [3.63, 3.8) is 0 Å². The Balaban J connectivity index is 1.45. The Hall–Kier alpha value is -3.20. The molecule has 156 valence electrons. The lowest BCUT2D eigenvalue weighted by atomic mass is 9.99. The van der Waals surface area contributed by atoms with Crippen LogP contribution in [0.1, 0.15) is 28.3 Å². The van der Waals surface area contributed by atoms with Crippen LogP contribution in [0.4, 0.5) is 0 Å². The Morgan fingerprint density at radius 1 is 0.516 bits per heavy atom. The van der Waals surface area contributed by atoms with Gasteiger partial charge < -0.3 is 5.32 Å². The van der Waals surface area contributed by atoms with Crippen molar-refractivity contribution in [3.05, 3.63) is 144 Å². The lowest BCUT2D eigenvalue weighted by molar-refractivity contribution is 0.254. The molecule has 0 unspecified atom stereocenters. The molecule has 0 spiro atoms. The van der Waals surface area contributed by atoms with Crippen molar-refractivity contribution >= 4 is 0 Å². The molecule has 0 atom stereocenters. The smallest absolute Gasteiger partial charge is 0.0577 e. The number of hydrogen-bond donors (Lipinski definition) is 1. The number of hydrogen-bond acceptors (Lipinski definition) is 2. The molecule has 0 aliphatic carbocycles. The number of nitrogens with one attached hydrogen (secondary N) is 1. The summed E-state index contributed by atoms with van der Waals surface area (Å²) < 4.78 is 0. The highest BCUT2D eigenvalue weighted by atomic mass is 15.1. The summed E-state index contributed by atoms with van der Waals surface area (Å²) in [6.45, 7) is 3.77. The quantitative estimate of drug-likeness (QED) is 0.344. The number of benzene rings is 4. The molecule has 0 aliphatic heterocycles. The Kier molecular flexibility index (Phi) is 7.65. The maximum absolute atomic E-state index is 3.81. The SMILES string of the molecule is c1ccc(CN(CCNC(c2ccccc2)c2ccccc2)Cc2ccccc2)cc1. The summed E-state index contributed by atoms with van der Waals surface area (Å²) in [5.41, 5.74) is 5.29. The van der Waals surface area contributed by atoms with E-state index < -0.39 is 0 Å². The first-order valence-corrected chi connectivity index (χ1v) is 11.0. The topological polar surface area (TPSA) is 15.3 Å². The van der Waals surface area contributed by atoms with Crippen molar-refractivity contribution in [1.29, 1.82) is 0 Å². The van der Waals surface area contributed by atoms with Crippen molar-refractivity contribution in [1.82, 2.24) is 10.2 Å². The minimum absolute atomic E-state index is 0.192. The molecule has 0 heterocycles. The predicted molar refractivity (Wildman–Crippen MR) is 130 cm³/mol. The second-order valence-corrected chi connectivity index (χ2v) is 7.89. The molecule has 0 saturated heterocycles. The van der Waals surface area contributed by atoms with Gasteiger partial charge in [0.05, 0.1) is 6.04 Å². The molecule has 0 radical (unpaired) electrons. The molecular formula is C29H30N2. The monoisotopic (exact) mass is 406 g/mol. The van der Waals surface area contributed by atoms with E-state index in [1.54, 1.807) is 0 Å². The molecule has 2 heteroatoms. The van der Waals surface area contributed by atoms with Gasteiger partial charge in [-0.15, -0.1) is 0 Å². The molecule has 4 rings (SSSR count). The summed E-state index contributed by atoms with van der Waals surface area (Å²) >= 11 is 0. The maximum atomic E-state index is 3.81. The molecular weight excluding hydrogens is 376 g/mol. The minimum atomic E-state index is 0.192. The predicted octanol–water partition coefficient (Wildman–Crippen LogP) is 6.07. The lowest BCUT2D eigenvalue weighted by Crippen LogP contribution is -2.33. The number of nitrogens with zero attached hydrogens (tertiary/aromatic N) is 1. The van der Waals surface area contributed by atoms with Crippen LogP contribution in [0.25, 0.3) is 0 Å². The summed E-state index contributed by atoms with van der Waals surface area (Å²) in [6, 6.07) is 43.1. The molecule has 4 aromatic rings. The zero-order chi connectivity index (χ0) is 21.1. The van der Waals surface area contributed by atoms with Gasteiger partial charge in [0.1, 0.15) is 0 Å². The molecule has 0 amide bonds. The van der Waals surface area contributed by atoms with Crippen LogP contribution in [0.15, 0.2) is 121 Å². The maximum Gasteiger partial charge on any atom is 0.0577 e. The van der Waals surface area contributed by atoms with Crippen LogP contribution in [0.2, 0.25) is 0 Å². The first kappa shape index (κ1) is 21.0. The van der Waals surface area contributed by atoms with Crippen LogP contribution in [-0.2, 0) is 13.1 Å². The summed E-state index contributed by atoms with van der Waals surface area (Å²) in [7, 11) is 0. The van der Waals surface area contributed by atoms with E-state index in [2.05, 4.69) is 132 Å². The molecule has 0 aliphatic rings. The van der Waals surface area contributed by atoms with Gasteiger partial charge in [0.15, 0.2) is 0 Å². The molecule has 0 bridgehead atoms. The van der Waals surface area contributed by atoms with E-state index in [1.807, 2.05) is 0 Å². The summed E-state index contributed by atoms with van der Waals surface area (Å²) in [5.74, 6) is 0. The third-order valence-corrected chi connectivity index (χ3v) is 5.54. The van der Waals surface area contributed by atoms with Crippen LogP contribution >= 0.6 is 0 Å². The zero-order valence-electron chi connectivity index (χ0n) is 17.9. The highest BCUT2D eigenvalue weighted by molar-refractivity contribution is 5.31. The van der Waals surface area contributed by atoms with Crippen molar-refractivity contribution < 1.29 is 0 Å². The third-order valence-electron chi connectivity index (χ3n) is 5.54. The van der Waals surface area contributed by atoms with Gasteiger partial charge in [-0.2, -0.15) is 0 Å². The lowest BCUT2D eigenvalue weighted by Gasteiger charge is -2.25. The van der Waals surface area contributed by atoms with Gasteiger partial charge in [0.25, 0.3) is 0 Å². The summed E-state index contributed by atoms with van der Waals surface area (Å²) in [5, 5.41) is 3.81. The van der Waals surface area contributed by atoms with Crippen molar-refractivity contribution in [2.45, 2.75) is 19.1 Å². The Bertz CT molecular complexity index is 921. The van der Waals surface area contributed by atoms with Gasteiger partial charge in [-0.05, 0) is 22.3 Å². The normalized spacial score (nSPS) is 11.2. The molecule has 0 aromatic heterocycles. The number of rotatable bonds is 10. The standard InChI is InChI=1S/C29H30N2/c1-5-13-25(14-6-1)23-31(24-26-15-7-2-8-16-26)22-21-30-29(27-17-9-3-10-18-27)28-19-11-4-12-20-28/h1-20,29-30H,21-24H2. The molecule has 2 nitrogen and oxygen atoms in total. The van der Waals surface area contributed by atoms with Crippen LogP contribution < -0.4 is 5.32 Å². The van der Waals surface area contributed by atoms with Gasteiger partial charge in [-0.25, -0.2) is 0 Å². The first-order valence-electron chi connectivity index (χ1n) is 11.0. The molecule has 31 heavy (non-hydrogen) atoms. The summed E-state index contributed by atoms with van der Waals surface area (Å²) in [4.78, 5) is 2.52. The highest BCUT2D eigenvalue weighted by Gasteiger charge is 2.14. The van der Waals surface area contributed by atoms with Gasteiger partial charge >= 0.3 is 0 Å². The van der Waals surface area contributed by atoms with Gasteiger partial charge in [-0.3, -0.25) is 4.90 Å². The van der Waals surface area contributed by atoms with Crippen molar-refractivity contribution in [3.8, 4) is 0 Å². The fourth-order valence-electron chi connectivity index (χ4n) is 3.98. The Morgan fingerprint density at radius 3 is 1.32 bits per heavy atom. The van der Waals surface area contributed by atoms with E-state index in [4.69, 9.17) is 0 Å². The second-order valence-electron chi connectivity index (χ2n) is 7.89. The van der Waals surface area contributed by atoms with Crippen molar-refractivity contribution in [2.24, 2.45) is 0 Å². The first-order chi connectivity index (χ1) is 15.4. The molecule has 1 N–H and O–H groups in total. The van der Waals surface area contributed by atoms with E-state index in [-0.39, 0.29) is 6.04 Å². The van der Waals surface area contributed by atoms with E-state index in [1.165, 1.54) is 22.3 Å². The average Bonchev–Trinajstić information content (AvgIpc) is 2.84. The van der Waals surface area contributed by atoms with Crippen LogP contribution in [-0.4, -0.2) is 18.0 Å². The van der Waals surface area contributed by atoms with Crippen LogP contribution in [0.3, 0.4) is 0 Å². The summed E-state index contributed by atoms with van der Waals surface area (Å²) in [6.07, 6.45) is 0. The van der Waals surface area contributed by atoms with Crippen molar-refractivity contribution in [2.75, 3.05) is 13.1 Å². The average molecular weight is 407 g/mol. The van der Waals surface area contributed by atoms with E-state index >= 15 is 0 Å². The van der Waals surface area contributed by atoms with E-state index in [9.17, 15) is 0 Å². The van der Waals surface area contributed by atoms with Gasteiger partial charge in [0.2, 0.25) is 0 Å². The zero-order valence-corrected chi connectivity index (χ0v) is 17.9. The highest BCUT2D eigenvalue weighted by Crippen LogP contribution is 2.21. The van der Waals surface area contributed by atoms with E-state index in [0.29, 0.717) is 0 Å².